The van der Waals surface area contributed by atoms with E-state index in [2.05, 4.69) is 11.1 Å². The Bertz CT molecular complexity index is 740. The molecule has 0 N–H and O–H groups in total. The van der Waals surface area contributed by atoms with Crippen LogP contribution < -0.4 is 0 Å². The molecule has 0 aliphatic carbocycles. The maximum absolute atomic E-state index is 12.2. The second-order valence-corrected chi connectivity index (χ2v) is 7.53. The van der Waals surface area contributed by atoms with Crippen molar-refractivity contribution in [3.63, 3.8) is 0 Å². The number of thioether (sulfide) groups is 2. The van der Waals surface area contributed by atoms with E-state index in [1.165, 1.54) is 17.3 Å². The average Bonchev–Trinajstić information content (AvgIpc) is 2.97. The van der Waals surface area contributed by atoms with Gasteiger partial charge in [-0.15, -0.1) is 0 Å². The van der Waals surface area contributed by atoms with Gasteiger partial charge < -0.3 is 9.32 Å². The Balaban J connectivity index is 1.54. The van der Waals surface area contributed by atoms with Crippen molar-refractivity contribution in [3.8, 4) is 0 Å². The van der Waals surface area contributed by atoms with Crippen LogP contribution in [0.25, 0.3) is 0 Å². The summed E-state index contributed by atoms with van der Waals surface area (Å²) in [4.78, 5) is 18.5. The van der Waals surface area contributed by atoms with E-state index in [1.807, 2.05) is 37.3 Å². The van der Waals surface area contributed by atoms with Crippen LogP contribution in [0.15, 0.2) is 45.8 Å². The molecule has 0 spiro atoms. The molecule has 23 heavy (non-hydrogen) atoms. The van der Waals surface area contributed by atoms with Gasteiger partial charge in [-0.1, -0.05) is 41.7 Å². The number of aliphatic imine (C=N–C) groups is 1. The van der Waals surface area contributed by atoms with Gasteiger partial charge in [-0.05, 0) is 30.7 Å². The van der Waals surface area contributed by atoms with E-state index in [0.717, 1.165) is 27.3 Å². The second-order valence-electron chi connectivity index (χ2n) is 5.35. The molecule has 3 rings (SSSR count). The number of furan rings is 1. The fourth-order valence-electron chi connectivity index (χ4n) is 2.21. The molecule has 0 saturated carbocycles. The molecule has 2 aromatic rings. The Hall–Kier alpha value is -1.66. The van der Waals surface area contributed by atoms with Gasteiger partial charge in [0.05, 0.1) is 18.0 Å². The Morgan fingerprint density at radius 1 is 1.35 bits per heavy atom. The van der Waals surface area contributed by atoms with Crippen LogP contribution in [0.3, 0.4) is 0 Å². The van der Waals surface area contributed by atoms with E-state index < -0.39 is 0 Å². The van der Waals surface area contributed by atoms with Crippen LogP contribution in [0.4, 0.5) is 5.69 Å². The molecule has 0 saturated heterocycles. The molecule has 0 bridgehead atoms. The highest BCUT2D eigenvalue weighted by molar-refractivity contribution is 8.38. The lowest BCUT2D eigenvalue weighted by atomic mass is 10.2. The molecule has 1 amide bonds. The largest absolute Gasteiger partial charge is 0.464 e. The van der Waals surface area contributed by atoms with Crippen LogP contribution in [0.5, 0.6) is 0 Å². The molecule has 0 radical (unpaired) electrons. The molecule has 1 aromatic carbocycles. The van der Waals surface area contributed by atoms with Crippen LogP contribution in [0.2, 0.25) is 0 Å². The van der Waals surface area contributed by atoms with Crippen molar-refractivity contribution in [1.29, 1.82) is 0 Å². The highest BCUT2D eigenvalue weighted by Gasteiger charge is 2.16. The van der Waals surface area contributed by atoms with E-state index in [-0.39, 0.29) is 5.91 Å². The lowest BCUT2D eigenvalue weighted by Crippen LogP contribution is -2.28. The van der Waals surface area contributed by atoms with Crippen molar-refractivity contribution in [2.24, 2.45) is 4.99 Å². The monoisotopic (exact) mass is 346 g/mol. The molecule has 2 heterocycles. The van der Waals surface area contributed by atoms with Crippen molar-refractivity contribution < 1.29 is 9.21 Å². The highest BCUT2D eigenvalue weighted by atomic mass is 32.2. The Kier molecular flexibility index (Phi) is 5.13. The molecule has 1 aliphatic heterocycles. The van der Waals surface area contributed by atoms with E-state index in [4.69, 9.17) is 4.42 Å². The summed E-state index contributed by atoms with van der Waals surface area (Å²) in [5.41, 5.74) is 2.26. The fraction of sp³-hybridized carbons (Fsp3) is 0.294. The lowest BCUT2D eigenvalue weighted by molar-refractivity contribution is -0.127. The molecule has 1 aliphatic rings. The van der Waals surface area contributed by atoms with Crippen LogP contribution in [0.1, 0.15) is 17.1 Å². The third kappa shape index (κ3) is 4.20. The van der Waals surface area contributed by atoms with E-state index in [1.54, 1.807) is 23.7 Å². The number of amides is 1. The summed E-state index contributed by atoms with van der Waals surface area (Å²) in [6.07, 6.45) is 0. The van der Waals surface area contributed by atoms with Gasteiger partial charge in [0.25, 0.3) is 0 Å². The van der Waals surface area contributed by atoms with E-state index in [9.17, 15) is 4.79 Å². The summed E-state index contributed by atoms with van der Waals surface area (Å²) in [5.74, 6) is 3.05. The number of para-hydroxylation sites is 1. The number of rotatable bonds is 4. The van der Waals surface area contributed by atoms with Gasteiger partial charge in [0, 0.05) is 12.8 Å². The maximum Gasteiger partial charge on any atom is 0.233 e. The van der Waals surface area contributed by atoms with Gasteiger partial charge >= 0.3 is 0 Å². The van der Waals surface area contributed by atoms with Crippen LogP contribution in [-0.2, 0) is 17.1 Å². The molecule has 0 unspecified atom stereocenters. The number of hydrogen-bond acceptors (Lipinski definition) is 5. The highest BCUT2D eigenvalue weighted by Crippen LogP contribution is 2.34. The standard InChI is InChI=1S/C17H18N2O2S2/c1-12-7-8-14(21-12)9-19(2)16(20)11-23-17-18-15-6-4-3-5-13(15)10-22-17/h3-8H,9-11H2,1-2H3. The SMILES string of the molecule is Cc1ccc(CN(C)C(=O)CSC2=Nc3ccccc3CS2)o1. The molecular formula is C17H18N2O2S2. The third-order valence-corrected chi connectivity index (χ3v) is 5.72. The van der Waals surface area contributed by atoms with Crippen molar-refractivity contribution in [2.45, 2.75) is 19.2 Å². The van der Waals surface area contributed by atoms with Crippen molar-refractivity contribution in [2.75, 3.05) is 12.8 Å². The number of nitrogens with zero attached hydrogens (tertiary/aromatic N) is 2. The van der Waals surface area contributed by atoms with Gasteiger partial charge in [-0.2, -0.15) is 0 Å². The van der Waals surface area contributed by atoms with Crippen molar-refractivity contribution >= 4 is 39.5 Å². The smallest absolute Gasteiger partial charge is 0.233 e. The average molecular weight is 346 g/mol. The minimum Gasteiger partial charge on any atom is -0.464 e. The number of benzene rings is 1. The van der Waals surface area contributed by atoms with Crippen LogP contribution in [-0.4, -0.2) is 28.0 Å². The fourth-order valence-corrected chi connectivity index (χ4v) is 4.21. The number of carbonyl (C=O) groups excluding carboxylic acids is 1. The predicted octanol–water partition coefficient (Wildman–Crippen LogP) is 4.21. The number of carbonyl (C=O) groups is 1. The number of aryl methyl sites for hydroxylation is 1. The zero-order chi connectivity index (χ0) is 16.2. The summed E-state index contributed by atoms with van der Waals surface area (Å²) in [6, 6.07) is 11.9. The van der Waals surface area contributed by atoms with Gasteiger partial charge in [-0.25, -0.2) is 4.99 Å². The van der Waals surface area contributed by atoms with Gasteiger partial charge in [0.15, 0.2) is 0 Å². The zero-order valence-electron chi connectivity index (χ0n) is 13.1. The van der Waals surface area contributed by atoms with E-state index >= 15 is 0 Å². The zero-order valence-corrected chi connectivity index (χ0v) is 14.7. The molecule has 120 valence electrons. The molecule has 1 aromatic heterocycles. The predicted molar refractivity (Wildman–Crippen MR) is 97.2 cm³/mol. The van der Waals surface area contributed by atoms with Crippen LogP contribution in [0, 0.1) is 6.92 Å². The topological polar surface area (TPSA) is 45.8 Å². The first-order chi connectivity index (χ1) is 11.1. The number of fused-ring (bicyclic) bond motifs is 1. The normalized spacial score (nSPS) is 13.4. The lowest BCUT2D eigenvalue weighted by Gasteiger charge is -2.17. The Labute approximate surface area is 144 Å². The van der Waals surface area contributed by atoms with Crippen molar-refractivity contribution in [1.82, 2.24) is 4.90 Å². The molecular weight excluding hydrogens is 328 g/mol. The molecule has 4 nitrogen and oxygen atoms in total. The Morgan fingerprint density at radius 2 is 2.17 bits per heavy atom. The minimum atomic E-state index is 0.0752. The van der Waals surface area contributed by atoms with Gasteiger partial charge in [-0.3, -0.25) is 4.79 Å². The number of hydrogen-bond donors (Lipinski definition) is 0. The Morgan fingerprint density at radius 3 is 2.96 bits per heavy atom. The third-order valence-electron chi connectivity index (χ3n) is 3.49. The second kappa shape index (κ2) is 7.27. The van der Waals surface area contributed by atoms with E-state index in [0.29, 0.717) is 12.3 Å². The molecule has 0 atom stereocenters. The summed E-state index contributed by atoms with van der Waals surface area (Å²) in [5, 5.41) is 0. The van der Waals surface area contributed by atoms with Crippen LogP contribution >= 0.6 is 23.5 Å². The minimum absolute atomic E-state index is 0.0752. The first kappa shape index (κ1) is 16.2. The summed E-state index contributed by atoms with van der Waals surface area (Å²) in [6.45, 7) is 2.40. The van der Waals surface area contributed by atoms with Gasteiger partial charge in [0.1, 0.15) is 15.9 Å². The molecule has 0 fully saturated rings. The molecule has 6 heteroatoms. The first-order valence-electron chi connectivity index (χ1n) is 7.33. The summed E-state index contributed by atoms with van der Waals surface area (Å²) in [7, 11) is 1.80. The quantitative estimate of drug-likeness (QED) is 0.832. The van der Waals surface area contributed by atoms with Crippen molar-refractivity contribution in [3.05, 3.63) is 53.5 Å². The van der Waals surface area contributed by atoms with Gasteiger partial charge in [0.2, 0.25) is 5.91 Å². The maximum atomic E-state index is 12.2. The summed E-state index contributed by atoms with van der Waals surface area (Å²) >= 11 is 3.19. The summed E-state index contributed by atoms with van der Waals surface area (Å²) < 4.78 is 6.47. The first-order valence-corrected chi connectivity index (χ1v) is 9.30.